The molecule has 0 radical (unpaired) electrons. The Morgan fingerprint density at radius 1 is 1.31 bits per heavy atom. The summed E-state index contributed by atoms with van der Waals surface area (Å²) in [6.07, 6.45) is 1.52. The van der Waals surface area contributed by atoms with Gasteiger partial charge in [-0.2, -0.15) is 0 Å². The number of benzene rings is 1. The van der Waals surface area contributed by atoms with Crippen molar-refractivity contribution in [1.29, 1.82) is 0 Å². The Morgan fingerprint density at radius 2 is 2.00 bits per heavy atom. The summed E-state index contributed by atoms with van der Waals surface area (Å²) in [7, 11) is 0. The second-order valence-corrected chi connectivity index (χ2v) is 4.02. The van der Waals surface area contributed by atoms with Crippen LogP contribution in [-0.2, 0) is 4.79 Å². The van der Waals surface area contributed by atoms with E-state index in [4.69, 9.17) is 11.6 Å². The standard InChI is InChI=1S/C12H12ClNO2/c13-8-11(15)9-3-5-10(6-4-9)14-7-1-2-12(14)16/h3-6H,1-2,7-8H2. The van der Waals surface area contributed by atoms with E-state index in [1.807, 2.05) is 0 Å². The lowest BCUT2D eigenvalue weighted by Crippen LogP contribution is -2.23. The molecule has 1 heterocycles. The van der Waals surface area contributed by atoms with Crippen molar-refractivity contribution < 1.29 is 9.59 Å². The summed E-state index contributed by atoms with van der Waals surface area (Å²) in [5, 5.41) is 0. The van der Waals surface area contributed by atoms with Gasteiger partial charge >= 0.3 is 0 Å². The molecule has 1 aromatic rings. The largest absolute Gasteiger partial charge is 0.312 e. The van der Waals surface area contributed by atoms with Gasteiger partial charge in [0.25, 0.3) is 0 Å². The number of amides is 1. The highest BCUT2D eigenvalue weighted by Crippen LogP contribution is 2.21. The summed E-state index contributed by atoms with van der Waals surface area (Å²) in [6, 6.07) is 7.02. The first kappa shape index (κ1) is 11.1. The number of hydrogen-bond acceptors (Lipinski definition) is 2. The van der Waals surface area contributed by atoms with Gasteiger partial charge in [0.15, 0.2) is 5.78 Å². The third-order valence-corrected chi connectivity index (χ3v) is 2.94. The van der Waals surface area contributed by atoms with E-state index in [1.165, 1.54) is 0 Å². The van der Waals surface area contributed by atoms with E-state index in [2.05, 4.69) is 0 Å². The molecule has 16 heavy (non-hydrogen) atoms. The molecule has 0 spiro atoms. The minimum Gasteiger partial charge on any atom is -0.312 e. The molecule has 0 N–H and O–H groups in total. The van der Waals surface area contributed by atoms with Gasteiger partial charge < -0.3 is 4.90 Å². The molecule has 0 aliphatic carbocycles. The van der Waals surface area contributed by atoms with E-state index in [9.17, 15) is 9.59 Å². The minimum atomic E-state index is -0.0963. The van der Waals surface area contributed by atoms with Crippen LogP contribution in [0.3, 0.4) is 0 Å². The molecule has 0 saturated carbocycles. The molecule has 0 atom stereocenters. The third kappa shape index (κ3) is 2.09. The van der Waals surface area contributed by atoms with Crippen LogP contribution in [0.2, 0.25) is 0 Å². The van der Waals surface area contributed by atoms with Crippen molar-refractivity contribution in [2.75, 3.05) is 17.3 Å². The fourth-order valence-corrected chi connectivity index (χ4v) is 1.98. The number of carbonyl (C=O) groups is 2. The van der Waals surface area contributed by atoms with Gasteiger partial charge in [0.2, 0.25) is 5.91 Å². The average Bonchev–Trinajstić information content (AvgIpc) is 2.75. The Labute approximate surface area is 99.0 Å². The zero-order valence-corrected chi connectivity index (χ0v) is 9.54. The summed E-state index contributed by atoms with van der Waals surface area (Å²) < 4.78 is 0. The lowest BCUT2D eigenvalue weighted by atomic mass is 10.1. The summed E-state index contributed by atoms with van der Waals surface area (Å²) in [4.78, 5) is 24.5. The van der Waals surface area contributed by atoms with Gasteiger partial charge in [-0.05, 0) is 30.7 Å². The smallest absolute Gasteiger partial charge is 0.227 e. The van der Waals surface area contributed by atoms with Crippen molar-refractivity contribution in [1.82, 2.24) is 0 Å². The molecule has 1 aromatic carbocycles. The number of ketones is 1. The third-order valence-electron chi connectivity index (χ3n) is 2.70. The van der Waals surface area contributed by atoms with Gasteiger partial charge in [-0.25, -0.2) is 0 Å². The number of anilines is 1. The maximum atomic E-state index is 11.5. The highest BCUT2D eigenvalue weighted by molar-refractivity contribution is 6.30. The minimum absolute atomic E-state index is 0.0119. The van der Waals surface area contributed by atoms with Crippen LogP contribution in [0.4, 0.5) is 5.69 Å². The maximum absolute atomic E-state index is 11.5. The fourth-order valence-electron chi connectivity index (χ4n) is 1.83. The van der Waals surface area contributed by atoms with E-state index in [0.29, 0.717) is 12.0 Å². The number of carbonyl (C=O) groups excluding carboxylic acids is 2. The van der Waals surface area contributed by atoms with Crippen molar-refractivity contribution in [3.05, 3.63) is 29.8 Å². The van der Waals surface area contributed by atoms with E-state index in [1.54, 1.807) is 29.2 Å². The lowest BCUT2D eigenvalue weighted by molar-refractivity contribution is -0.117. The van der Waals surface area contributed by atoms with Crippen LogP contribution in [0.1, 0.15) is 23.2 Å². The first-order valence-electron chi connectivity index (χ1n) is 5.22. The average molecular weight is 238 g/mol. The first-order valence-corrected chi connectivity index (χ1v) is 5.75. The second kappa shape index (κ2) is 4.66. The van der Waals surface area contributed by atoms with Crippen molar-refractivity contribution in [2.45, 2.75) is 12.8 Å². The van der Waals surface area contributed by atoms with Crippen LogP contribution in [-0.4, -0.2) is 24.1 Å². The molecular weight excluding hydrogens is 226 g/mol. The highest BCUT2D eigenvalue weighted by atomic mass is 35.5. The SMILES string of the molecule is O=C(CCl)c1ccc(N2CCCC2=O)cc1. The van der Waals surface area contributed by atoms with Crippen molar-refractivity contribution in [3.63, 3.8) is 0 Å². The van der Waals surface area contributed by atoms with E-state index < -0.39 is 0 Å². The van der Waals surface area contributed by atoms with E-state index >= 15 is 0 Å². The summed E-state index contributed by atoms with van der Waals surface area (Å²) in [5.41, 5.74) is 1.44. The Balaban J connectivity index is 2.19. The molecule has 2 rings (SSSR count). The van der Waals surface area contributed by atoms with Gasteiger partial charge in [-0.3, -0.25) is 9.59 Å². The van der Waals surface area contributed by atoms with Gasteiger partial charge in [-0.1, -0.05) is 0 Å². The van der Waals surface area contributed by atoms with Crippen LogP contribution in [0, 0.1) is 0 Å². The number of rotatable bonds is 3. The summed E-state index contributed by atoms with van der Waals surface area (Å²) in [5.74, 6) is 0.0412. The molecular formula is C12H12ClNO2. The first-order chi connectivity index (χ1) is 7.72. The van der Waals surface area contributed by atoms with Crippen LogP contribution in [0.5, 0.6) is 0 Å². The van der Waals surface area contributed by atoms with Gasteiger partial charge in [0.05, 0.1) is 5.88 Å². The van der Waals surface area contributed by atoms with Crippen molar-refractivity contribution in [3.8, 4) is 0 Å². The van der Waals surface area contributed by atoms with Gasteiger partial charge in [-0.15, -0.1) is 11.6 Å². The Bertz CT molecular complexity index is 414. The van der Waals surface area contributed by atoms with Crippen LogP contribution in [0.15, 0.2) is 24.3 Å². The molecule has 3 nitrogen and oxygen atoms in total. The van der Waals surface area contributed by atoms with Crippen LogP contribution >= 0.6 is 11.6 Å². The van der Waals surface area contributed by atoms with E-state index in [0.717, 1.165) is 18.7 Å². The van der Waals surface area contributed by atoms with E-state index in [-0.39, 0.29) is 17.6 Å². The Morgan fingerprint density at radius 3 is 2.50 bits per heavy atom. The normalized spacial score (nSPS) is 15.6. The summed E-state index contributed by atoms with van der Waals surface area (Å²) in [6.45, 7) is 0.766. The monoisotopic (exact) mass is 237 g/mol. The lowest BCUT2D eigenvalue weighted by Gasteiger charge is -2.15. The van der Waals surface area contributed by atoms with Crippen molar-refractivity contribution in [2.24, 2.45) is 0 Å². The number of nitrogens with zero attached hydrogens (tertiary/aromatic N) is 1. The Hall–Kier alpha value is -1.35. The molecule has 4 heteroatoms. The number of hydrogen-bond donors (Lipinski definition) is 0. The van der Waals surface area contributed by atoms with Gasteiger partial charge in [0, 0.05) is 24.2 Å². The molecule has 0 bridgehead atoms. The second-order valence-electron chi connectivity index (χ2n) is 3.75. The van der Waals surface area contributed by atoms with Gasteiger partial charge in [0.1, 0.15) is 0 Å². The van der Waals surface area contributed by atoms with Crippen molar-refractivity contribution >= 4 is 29.0 Å². The number of halogens is 1. The zero-order chi connectivity index (χ0) is 11.5. The fraction of sp³-hybridized carbons (Fsp3) is 0.333. The molecule has 1 amide bonds. The predicted molar refractivity (Wildman–Crippen MR) is 63.1 cm³/mol. The zero-order valence-electron chi connectivity index (χ0n) is 8.78. The quantitative estimate of drug-likeness (QED) is 0.597. The van der Waals surface area contributed by atoms with Crippen LogP contribution in [0.25, 0.3) is 0 Å². The topological polar surface area (TPSA) is 37.4 Å². The molecule has 84 valence electrons. The molecule has 1 fully saturated rings. The number of Topliss-reactive ketones (excluding diaryl/α,β-unsaturated/α-hetero) is 1. The highest BCUT2D eigenvalue weighted by Gasteiger charge is 2.21. The van der Waals surface area contributed by atoms with Crippen LogP contribution < -0.4 is 4.90 Å². The Kier molecular flexibility index (Phi) is 3.25. The molecule has 1 aliphatic heterocycles. The molecule has 1 saturated heterocycles. The maximum Gasteiger partial charge on any atom is 0.227 e. The predicted octanol–water partition coefficient (Wildman–Crippen LogP) is 2.23. The molecule has 0 unspecified atom stereocenters. The molecule has 0 aromatic heterocycles. The number of alkyl halides is 1. The summed E-state index contributed by atoms with van der Waals surface area (Å²) >= 11 is 5.46. The molecule has 1 aliphatic rings.